The molecule has 156 valence electrons. The fourth-order valence-corrected chi connectivity index (χ4v) is 4.36. The largest absolute Gasteiger partial charge is 0.493 e. The maximum absolute atomic E-state index is 13.2. The summed E-state index contributed by atoms with van der Waals surface area (Å²) < 4.78 is 11.8. The van der Waals surface area contributed by atoms with Gasteiger partial charge >= 0.3 is 0 Å². The summed E-state index contributed by atoms with van der Waals surface area (Å²) in [5, 5.41) is 3.10. The quantitative estimate of drug-likeness (QED) is 0.239. The van der Waals surface area contributed by atoms with Crippen LogP contribution < -0.4 is 19.7 Å². The van der Waals surface area contributed by atoms with Crippen molar-refractivity contribution in [3.63, 3.8) is 0 Å². The second kappa shape index (κ2) is 9.51. The molecule has 6 nitrogen and oxygen atoms in total. The van der Waals surface area contributed by atoms with Gasteiger partial charge in [0, 0.05) is 5.02 Å². The van der Waals surface area contributed by atoms with Crippen LogP contribution >= 0.6 is 58.0 Å². The highest BCUT2D eigenvalue weighted by Crippen LogP contribution is 2.35. The SMILES string of the molecule is CCOc1c(I)cc(C=C2C(=O)NC(=S)N(c3ccc(Cl)cc3Cl)C2=O)cc1OC. The van der Waals surface area contributed by atoms with Crippen LogP contribution in [-0.2, 0) is 9.59 Å². The molecule has 0 unspecified atom stereocenters. The Bertz CT molecular complexity index is 1090. The van der Waals surface area contributed by atoms with Gasteiger partial charge in [0.2, 0.25) is 0 Å². The number of anilines is 1. The fourth-order valence-electron chi connectivity index (χ4n) is 2.81. The van der Waals surface area contributed by atoms with Gasteiger partial charge in [-0.15, -0.1) is 0 Å². The summed E-state index contributed by atoms with van der Waals surface area (Å²) in [7, 11) is 1.52. The van der Waals surface area contributed by atoms with Gasteiger partial charge in [0.1, 0.15) is 5.57 Å². The second-order valence-electron chi connectivity index (χ2n) is 6.02. The monoisotopic (exact) mass is 576 g/mol. The molecule has 10 heteroatoms. The van der Waals surface area contributed by atoms with E-state index in [0.29, 0.717) is 34.4 Å². The number of thiocarbonyl (C=S) groups is 1. The van der Waals surface area contributed by atoms with Crippen molar-refractivity contribution in [2.75, 3.05) is 18.6 Å². The van der Waals surface area contributed by atoms with Crippen molar-refractivity contribution in [2.24, 2.45) is 0 Å². The molecule has 0 bridgehead atoms. The van der Waals surface area contributed by atoms with Gasteiger partial charge in [0.15, 0.2) is 16.6 Å². The van der Waals surface area contributed by atoms with E-state index >= 15 is 0 Å². The van der Waals surface area contributed by atoms with E-state index in [0.717, 1.165) is 8.47 Å². The van der Waals surface area contributed by atoms with Crippen molar-refractivity contribution < 1.29 is 19.1 Å². The van der Waals surface area contributed by atoms with Gasteiger partial charge in [-0.05, 0) is 83.7 Å². The summed E-state index contributed by atoms with van der Waals surface area (Å²) in [4.78, 5) is 26.8. The molecule has 30 heavy (non-hydrogen) atoms. The number of ether oxygens (including phenoxy) is 2. The molecule has 2 aromatic rings. The first kappa shape index (κ1) is 22.8. The summed E-state index contributed by atoms with van der Waals surface area (Å²) >= 11 is 19.5. The second-order valence-corrected chi connectivity index (χ2v) is 8.41. The summed E-state index contributed by atoms with van der Waals surface area (Å²) in [5.41, 5.74) is 0.811. The molecular weight excluding hydrogens is 562 g/mol. The van der Waals surface area contributed by atoms with Crippen LogP contribution in [0, 0.1) is 3.57 Å². The van der Waals surface area contributed by atoms with Crippen LogP contribution in [0.1, 0.15) is 12.5 Å². The maximum Gasteiger partial charge on any atom is 0.270 e. The first-order valence-electron chi connectivity index (χ1n) is 8.63. The molecule has 0 aliphatic carbocycles. The molecule has 0 aromatic heterocycles. The number of nitrogens with one attached hydrogen (secondary N) is 1. The average molecular weight is 577 g/mol. The smallest absolute Gasteiger partial charge is 0.270 e. The minimum Gasteiger partial charge on any atom is -0.493 e. The van der Waals surface area contributed by atoms with Crippen LogP contribution in [-0.4, -0.2) is 30.6 Å². The van der Waals surface area contributed by atoms with E-state index in [1.165, 1.54) is 19.3 Å². The van der Waals surface area contributed by atoms with Gasteiger partial charge in [-0.25, -0.2) is 0 Å². The molecule has 3 rings (SSSR count). The Morgan fingerprint density at radius 1 is 1.23 bits per heavy atom. The molecule has 2 aromatic carbocycles. The zero-order valence-corrected chi connectivity index (χ0v) is 20.3. The number of carbonyl (C=O) groups excluding carboxylic acids is 2. The van der Waals surface area contributed by atoms with Gasteiger partial charge in [-0.2, -0.15) is 0 Å². The number of hydrogen-bond donors (Lipinski definition) is 1. The Morgan fingerprint density at radius 3 is 2.60 bits per heavy atom. The predicted octanol–water partition coefficient (Wildman–Crippen LogP) is 4.84. The molecule has 0 radical (unpaired) electrons. The first-order valence-corrected chi connectivity index (χ1v) is 10.9. The zero-order valence-electron chi connectivity index (χ0n) is 15.8. The summed E-state index contributed by atoms with van der Waals surface area (Å²) in [6.45, 7) is 2.34. The fraction of sp³-hybridized carbons (Fsp3) is 0.150. The molecule has 1 aliphatic rings. The number of carbonyl (C=O) groups is 2. The summed E-state index contributed by atoms with van der Waals surface area (Å²) in [6.07, 6.45) is 1.47. The van der Waals surface area contributed by atoms with E-state index in [1.807, 2.05) is 6.92 Å². The molecule has 1 N–H and O–H groups in total. The Labute approximate surface area is 202 Å². The van der Waals surface area contributed by atoms with Gasteiger partial charge in [0.25, 0.3) is 11.8 Å². The van der Waals surface area contributed by atoms with Crippen LogP contribution in [0.4, 0.5) is 5.69 Å². The number of nitrogens with zero attached hydrogens (tertiary/aromatic N) is 1. The van der Waals surface area contributed by atoms with E-state index < -0.39 is 11.8 Å². The molecule has 0 saturated carbocycles. The van der Waals surface area contributed by atoms with Crippen LogP contribution in [0.15, 0.2) is 35.9 Å². The lowest BCUT2D eigenvalue weighted by atomic mass is 10.1. The Morgan fingerprint density at radius 2 is 1.97 bits per heavy atom. The van der Waals surface area contributed by atoms with E-state index in [2.05, 4.69) is 27.9 Å². The number of benzene rings is 2. The number of methoxy groups -OCH3 is 1. The van der Waals surface area contributed by atoms with E-state index in [-0.39, 0.29) is 15.7 Å². The topological polar surface area (TPSA) is 67.9 Å². The van der Waals surface area contributed by atoms with Crippen molar-refractivity contribution in [1.29, 1.82) is 0 Å². The van der Waals surface area contributed by atoms with Gasteiger partial charge in [0.05, 0.1) is 28.0 Å². The van der Waals surface area contributed by atoms with E-state index in [1.54, 1.807) is 24.3 Å². The minimum atomic E-state index is -0.603. The molecule has 2 amide bonds. The van der Waals surface area contributed by atoms with Crippen molar-refractivity contribution in [2.45, 2.75) is 6.92 Å². The molecule has 1 fully saturated rings. The number of hydrogen-bond acceptors (Lipinski definition) is 5. The van der Waals surface area contributed by atoms with E-state index in [9.17, 15) is 9.59 Å². The van der Waals surface area contributed by atoms with Crippen LogP contribution in [0.25, 0.3) is 6.08 Å². The lowest BCUT2D eigenvalue weighted by Crippen LogP contribution is -2.54. The maximum atomic E-state index is 13.2. The molecule has 0 spiro atoms. The normalized spacial score (nSPS) is 15.4. The molecule has 1 aliphatic heterocycles. The molecule has 1 saturated heterocycles. The molecular formula is C20H15Cl2IN2O4S. The third kappa shape index (κ3) is 4.56. The van der Waals surface area contributed by atoms with Gasteiger partial charge < -0.3 is 9.47 Å². The average Bonchev–Trinajstić information content (AvgIpc) is 2.68. The summed E-state index contributed by atoms with van der Waals surface area (Å²) in [6, 6.07) is 8.11. The highest BCUT2D eigenvalue weighted by molar-refractivity contribution is 14.1. The van der Waals surface area contributed by atoms with Crippen LogP contribution in [0.3, 0.4) is 0 Å². The highest BCUT2D eigenvalue weighted by atomic mass is 127. The number of halogens is 3. The van der Waals surface area contributed by atoms with Crippen LogP contribution in [0.2, 0.25) is 10.0 Å². The minimum absolute atomic E-state index is 0.0646. The third-order valence-corrected chi connectivity index (χ3v) is 5.73. The van der Waals surface area contributed by atoms with Crippen molar-refractivity contribution >= 4 is 86.7 Å². The Kier molecular flexibility index (Phi) is 7.22. The Hall–Kier alpha value is -1.88. The first-order chi connectivity index (χ1) is 14.3. The molecule has 1 heterocycles. The van der Waals surface area contributed by atoms with Gasteiger partial charge in [-0.1, -0.05) is 23.2 Å². The van der Waals surface area contributed by atoms with Crippen molar-refractivity contribution in [3.8, 4) is 11.5 Å². The number of rotatable bonds is 5. The lowest BCUT2D eigenvalue weighted by molar-refractivity contribution is -0.122. The van der Waals surface area contributed by atoms with Crippen molar-refractivity contribution in [1.82, 2.24) is 5.32 Å². The number of amides is 2. The van der Waals surface area contributed by atoms with Crippen LogP contribution in [0.5, 0.6) is 11.5 Å². The van der Waals surface area contributed by atoms with E-state index in [4.69, 9.17) is 44.9 Å². The standard InChI is InChI=1S/C20H15Cl2IN2O4S/c1-3-29-17-14(23)7-10(8-16(17)28-2)6-12-18(26)24-20(30)25(19(12)27)15-5-4-11(21)9-13(15)22/h4-9H,3H2,1-2H3,(H,24,26,30). The lowest BCUT2D eigenvalue weighted by Gasteiger charge is -2.29. The molecule has 0 atom stereocenters. The third-order valence-electron chi connectivity index (χ3n) is 4.10. The summed E-state index contributed by atoms with van der Waals surface area (Å²) in [5.74, 6) is -0.115. The predicted molar refractivity (Wildman–Crippen MR) is 130 cm³/mol. The Balaban J connectivity index is 2.06. The zero-order chi connectivity index (χ0) is 22.0. The van der Waals surface area contributed by atoms with Gasteiger partial charge in [-0.3, -0.25) is 19.8 Å². The highest BCUT2D eigenvalue weighted by Gasteiger charge is 2.35. The van der Waals surface area contributed by atoms with Crippen molar-refractivity contribution in [3.05, 3.63) is 55.1 Å².